The van der Waals surface area contributed by atoms with Crippen molar-refractivity contribution in [1.29, 1.82) is 0 Å². The Bertz CT molecular complexity index is 1230. The van der Waals surface area contributed by atoms with Crippen LogP contribution in [-0.4, -0.2) is 32.2 Å². The fourth-order valence-electron chi connectivity index (χ4n) is 4.27. The zero-order valence-electron chi connectivity index (χ0n) is 16.7. The van der Waals surface area contributed by atoms with Gasteiger partial charge in [0.05, 0.1) is 18.0 Å². The van der Waals surface area contributed by atoms with Crippen LogP contribution in [0.2, 0.25) is 0 Å². The molecule has 0 N–H and O–H groups in total. The molecular formula is C21H20BFN2O4S. The summed E-state index contributed by atoms with van der Waals surface area (Å²) < 4.78 is 27.8. The largest absolute Gasteiger partial charge is 0.540 e. The highest BCUT2D eigenvalue weighted by Gasteiger charge is 2.32. The van der Waals surface area contributed by atoms with Gasteiger partial charge in [-0.05, 0) is 42.3 Å². The monoisotopic (exact) mass is 426 g/mol. The average molecular weight is 426 g/mol. The van der Waals surface area contributed by atoms with Crippen LogP contribution in [0.4, 0.5) is 10.1 Å². The zero-order valence-corrected chi connectivity index (χ0v) is 17.6. The fourth-order valence-corrected chi connectivity index (χ4v) is 5.16. The number of ether oxygens (including phenoxy) is 1. The number of hydrogen-bond donors (Lipinski definition) is 0. The van der Waals surface area contributed by atoms with Gasteiger partial charge in [0, 0.05) is 30.2 Å². The summed E-state index contributed by atoms with van der Waals surface area (Å²) in [4.78, 5) is 28.5. The van der Waals surface area contributed by atoms with E-state index < -0.39 is 17.2 Å². The van der Waals surface area contributed by atoms with E-state index in [1.165, 1.54) is 37.9 Å². The molecule has 0 saturated heterocycles. The standard InChI is InChI=1S/C21H20BFN2O4S/c1-28-20-17-13(19(26)14(21(27)29-22)10-25(17)12-2-3-12)8-15(23)18(20)24-6-4-16-11(9-24)5-7-30-16/h5,7-8,10,12H,2-4,6,9,22H2,1H3. The van der Waals surface area contributed by atoms with Crippen molar-refractivity contribution in [1.82, 2.24) is 4.57 Å². The van der Waals surface area contributed by atoms with E-state index >= 15 is 4.39 Å². The van der Waals surface area contributed by atoms with Gasteiger partial charge in [0.15, 0.2) is 11.6 Å². The number of fused-ring (bicyclic) bond motifs is 2. The number of aromatic nitrogens is 1. The Hall–Kier alpha value is -2.81. The topological polar surface area (TPSA) is 60.8 Å². The molecule has 3 aromatic rings. The average Bonchev–Trinajstić information content (AvgIpc) is 3.49. The van der Waals surface area contributed by atoms with Crippen molar-refractivity contribution in [3.63, 3.8) is 0 Å². The van der Waals surface area contributed by atoms with Gasteiger partial charge in [0.1, 0.15) is 11.3 Å². The number of methoxy groups -OCH3 is 1. The molecular weight excluding hydrogens is 406 g/mol. The van der Waals surface area contributed by atoms with Crippen LogP contribution in [0.5, 0.6) is 5.75 Å². The number of anilines is 1. The highest BCUT2D eigenvalue weighted by Crippen LogP contribution is 2.44. The third-order valence-corrected chi connectivity index (χ3v) is 6.89. The van der Waals surface area contributed by atoms with Crippen LogP contribution in [0.15, 0.2) is 28.5 Å². The Morgan fingerprint density at radius 2 is 2.17 bits per heavy atom. The van der Waals surface area contributed by atoms with E-state index in [9.17, 15) is 9.59 Å². The molecule has 0 amide bonds. The smallest absolute Gasteiger partial charge is 0.326 e. The highest BCUT2D eigenvalue weighted by atomic mass is 32.1. The first-order valence-electron chi connectivity index (χ1n) is 9.87. The van der Waals surface area contributed by atoms with Crippen molar-refractivity contribution >= 4 is 41.9 Å². The Morgan fingerprint density at radius 1 is 1.37 bits per heavy atom. The van der Waals surface area contributed by atoms with Crippen LogP contribution in [0, 0.1) is 5.82 Å². The minimum Gasteiger partial charge on any atom is -0.540 e. The lowest BCUT2D eigenvalue weighted by Gasteiger charge is -2.31. The number of pyridine rings is 1. The molecule has 1 aliphatic heterocycles. The number of carbonyl (C=O) groups excluding carboxylic acids is 1. The van der Waals surface area contributed by atoms with Crippen LogP contribution >= 0.6 is 11.3 Å². The first-order valence-corrected chi connectivity index (χ1v) is 10.7. The van der Waals surface area contributed by atoms with Crippen molar-refractivity contribution in [2.24, 2.45) is 0 Å². The molecule has 0 radical (unpaired) electrons. The maximum absolute atomic E-state index is 15.4. The van der Waals surface area contributed by atoms with E-state index in [0.717, 1.165) is 19.3 Å². The van der Waals surface area contributed by atoms with E-state index in [4.69, 9.17) is 9.39 Å². The first kappa shape index (κ1) is 19.2. The second-order valence-electron chi connectivity index (χ2n) is 7.68. The van der Waals surface area contributed by atoms with Crippen molar-refractivity contribution in [3.05, 3.63) is 55.8 Å². The molecule has 6 nitrogen and oxygen atoms in total. The number of hydrogen-bond acceptors (Lipinski definition) is 6. The summed E-state index contributed by atoms with van der Waals surface area (Å²) in [5, 5.41) is 2.19. The number of halogens is 1. The van der Waals surface area contributed by atoms with Crippen LogP contribution in [-0.2, 0) is 17.6 Å². The summed E-state index contributed by atoms with van der Waals surface area (Å²) in [6.45, 7) is 1.26. The van der Waals surface area contributed by atoms with Crippen molar-refractivity contribution in [3.8, 4) is 5.75 Å². The van der Waals surface area contributed by atoms with Crippen LogP contribution in [0.1, 0.15) is 39.7 Å². The van der Waals surface area contributed by atoms with Crippen LogP contribution in [0.3, 0.4) is 0 Å². The van der Waals surface area contributed by atoms with Crippen molar-refractivity contribution < 1.29 is 18.6 Å². The molecule has 1 aliphatic carbocycles. The second kappa shape index (κ2) is 7.16. The normalized spacial score (nSPS) is 15.9. The predicted molar refractivity (Wildman–Crippen MR) is 116 cm³/mol. The molecule has 2 aromatic heterocycles. The van der Waals surface area contributed by atoms with Gasteiger partial charge < -0.3 is 18.9 Å². The lowest BCUT2D eigenvalue weighted by molar-refractivity contribution is 0.0747. The molecule has 30 heavy (non-hydrogen) atoms. The van der Waals surface area contributed by atoms with Gasteiger partial charge in [-0.2, -0.15) is 0 Å². The molecule has 1 fully saturated rings. The van der Waals surface area contributed by atoms with E-state index in [1.807, 2.05) is 9.47 Å². The Morgan fingerprint density at radius 3 is 2.87 bits per heavy atom. The van der Waals surface area contributed by atoms with Crippen LogP contribution in [0.25, 0.3) is 10.9 Å². The fraction of sp³-hybridized carbons (Fsp3) is 0.333. The number of thiophene rings is 1. The summed E-state index contributed by atoms with van der Waals surface area (Å²) in [5.74, 6) is -0.913. The van der Waals surface area contributed by atoms with Gasteiger partial charge in [-0.3, -0.25) is 4.79 Å². The summed E-state index contributed by atoms with van der Waals surface area (Å²) >= 11 is 1.72. The summed E-state index contributed by atoms with van der Waals surface area (Å²) in [6.07, 6.45) is 4.22. The first-order chi connectivity index (χ1) is 14.5. The van der Waals surface area contributed by atoms with E-state index in [2.05, 4.69) is 11.4 Å². The molecule has 2 aliphatic rings. The molecule has 0 spiro atoms. The summed E-state index contributed by atoms with van der Waals surface area (Å²) in [6, 6.07) is 3.46. The lowest BCUT2D eigenvalue weighted by atomic mass is 10.0. The third-order valence-electron chi connectivity index (χ3n) is 5.87. The van der Waals surface area contributed by atoms with E-state index in [-0.39, 0.29) is 17.0 Å². The molecule has 5 rings (SSSR count). The minimum absolute atomic E-state index is 0.0907. The number of rotatable bonds is 4. The maximum Gasteiger partial charge on any atom is 0.326 e. The lowest BCUT2D eigenvalue weighted by Crippen LogP contribution is -2.31. The molecule has 9 heteroatoms. The Balaban J connectivity index is 1.76. The second-order valence-corrected chi connectivity index (χ2v) is 8.68. The molecule has 0 bridgehead atoms. The molecule has 0 atom stereocenters. The zero-order chi connectivity index (χ0) is 21.0. The SMILES string of the molecule is BOC(=O)c1cn(C2CC2)c2c(OC)c(N3CCc4sccc4C3)c(F)cc2c1=O. The van der Waals surface area contributed by atoms with Crippen molar-refractivity contribution in [2.75, 3.05) is 18.6 Å². The van der Waals surface area contributed by atoms with Crippen LogP contribution < -0.4 is 15.1 Å². The van der Waals surface area contributed by atoms with Gasteiger partial charge >= 0.3 is 14.0 Å². The highest BCUT2D eigenvalue weighted by molar-refractivity contribution is 7.10. The molecule has 0 unspecified atom stereocenters. The molecule has 1 saturated carbocycles. The maximum atomic E-state index is 15.4. The Kier molecular flexibility index (Phi) is 4.58. The van der Waals surface area contributed by atoms with Gasteiger partial charge in [0.25, 0.3) is 0 Å². The van der Waals surface area contributed by atoms with Crippen molar-refractivity contribution in [2.45, 2.75) is 31.8 Å². The number of benzene rings is 1. The van der Waals surface area contributed by atoms with E-state index in [1.54, 1.807) is 11.3 Å². The van der Waals surface area contributed by atoms with Gasteiger partial charge in [-0.25, -0.2) is 9.18 Å². The predicted octanol–water partition coefficient (Wildman–Crippen LogP) is 2.81. The van der Waals surface area contributed by atoms with E-state index in [0.29, 0.717) is 30.0 Å². The Labute approximate surface area is 177 Å². The van der Waals surface area contributed by atoms with Gasteiger partial charge in [-0.1, -0.05) is 0 Å². The molecule has 1 aromatic carbocycles. The third kappa shape index (κ3) is 2.91. The van der Waals surface area contributed by atoms with Gasteiger partial charge in [-0.15, -0.1) is 11.3 Å². The van der Waals surface area contributed by atoms with Gasteiger partial charge in [0.2, 0.25) is 5.43 Å². The quantitative estimate of drug-likeness (QED) is 0.601. The molecule has 3 heterocycles. The molecule has 154 valence electrons. The summed E-state index contributed by atoms with van der Waals surface area (Å²) in [5.41, 5.74) is 1.45. The number of nitrogens with zero attached hydrogens (tertiary/aromatic N) is 2. The minimum atomic E-state index is -0.722. The summed E-state index contributed by atoms with van der Waals surface area (Å²) in [7, 11) is 2.72. The number of carbonyl (C=O) groups is 1.